The van der Waals surface area contributed by atoms with Crippen molar-refractivity contribution in [1.82, 2.24) is 9.97 Å². The fourth-order valence-corrected chi connectivity index (χ4v) is 2.87. The van der Waals surface area contributed by atoms with Crippen molar-refractivity contribution >= 4 is 17.2 Å². The lowest BCUT2D eigenvalue weighted by Crippen LogP contribution is -2.12. The van der Waals surface area contributed by atoms with E-state index in [1.165, 1.54) is 0 Å². The van der Waals surface area contributed by atoms with Gasteiger partial charge >= 0.3 is 0 Å². The Kier molecular flexibility index (Phi) is 4.21. The van der Waals surface area contributed by atoms with Gasteiger partial charge in [0.15, 0.2) is 0 Å². The molecule has 120 valence electrons. The number of hydrogen-bond acceptors (Lipinski definition) is 3. The molecule has 0 N–H and O–H groups in total. The summed E-state index contributed by atoms with van der Waals surface area (Å²) >= 11 is 0. The second-order valence-corrected chi connectivity index (χ2v) is 5.62. The minimum Gasteiger partial charge on any atom is -0.295 e. The summed E-state index contributed by atoms with van der Waals surface area (Å²) < 4.78 is 0. The summed E-state index contributed by atoms with van der Waals surface area (Å²) in [5.41, 5.74) is 4.22. The maximum atomic E-state index is 4.71. The molecular formula is C22H17N3. The van der Waals surface area contributed by atoms with Crippen molar-refractivity contribution in [3.63, 3.8) is 0 Å². The van der Waals surface area contributed by atoms with Gasteiger partial charge in [0.2, 0.25) is 0 Å². The Hall–Kier alpha value is -3.46. The first-order chi connectivity index (χ1) is 12.4. The lowest BCUT2D eigenvalue weighted by atomic mass is 10.1. The minimum absolute atomic E-state index is 0.882. The second-order valence-electron chi connectivity index (χ2n) is 5.62. The van der Waals surface area contributed by atoms with Gasteiger partial charge in [-0.2, -0.15) is 0 Å². The van der Waals surface area contributed by atoms with E-state index in [0.29, 0.717) is 0 Å². The third kappa shape index (κ3) is 3.12. The van der Waals surface area contributed by atoms with Crippen LogP contribution in [-0.2, 0) is 0 Å². The van der Waals surface area contributed by atoms with Crippen molar-refractivity contribution in [2.24, 2.45) is 0 Å². The monoisotopic (exact) mass is 323 g/mol. The molecule has 0 radical (unpaired) electrons. The molecule has 0 saturated carbocycles. The van der Waals surface area contributed by atoms with Crippen molar-refractivity contribution in [3.05, 3.63) is 104 Å². The summed E-state index contributed by atoms with van der Waals surface area (Å²) in [5.74, 6) is 0.882. The number of nitrogens with zero attached hydrogens (tertiary/aromatic N) is 3. The number of para-hydroxylation sites is 2. The van der Waals surface area contributed by atoms with Crippen LogP contribution in [0.2, 0.25) is 0 Å². The molecule has 3 heteroatoms. The highest BCUT2D eigenvalue weighted by atomic mass is 15.2. The summed E-state index contributed by atoms with van der Waals surface area (Å²) in [7, 11) is 0. The van der Waals surface area contributed by atoms with Crippen LogP contribution in [0.4, 0.5) is 17.2 Å². The van der Waals surface area contributed by atoms with Crippen LogP contribution in [0.15, 0.2) is 104 Å². The molecule has 4 rings (SSSR count). The molecule has 0 spiro atoms. The third-order valence-corrected chi connectivity index (χ3v) is 4.00. The summed E-state index contributed by atoms with van der Waals surface area (Å²) in [6.45, 7) is 0. The molecule has 0 unspecified atom stereocenters. The van der Waals surface area contributed by atoms with Crippen LogP contribution in [0.3, 0.4) is 0 Å². The molecule has 0 amide bonds. The Labute approximate surface area is 147 Å². The molecule has 0 aliphatic carbocycles. The number of pyridine rings is 2. The van der Waals surface area contributed by atoms with E-state index in [1.807, 2.05) is 60.9 Å². The third-order valence-electron chi connectivity index (χ3n) is 4.00. The normalized spacial score (nSPS) is 10.4. The van der Waals surface area contributed by atoms with Crippen LogP contribution in [0.25, 0.3) is 11.1 Å². The Bertz CT molecular complexity index is 899. The molecule has 25 heavy (non-hydrogen) atoms. The van der Waals surface area contributed by atoms with E-state index in [2.05, 4.69) is 46.3 Å². The lowest BCUT2D eigenvalue weighted by molar-refractivity contribution is 1.18. The summed E-state index contributed by atoms with van der Waals surface area (Å²) in [5, 5.41) is 0. The van der Waals surface area contributed by atoms with Gasteiger partial charge in [0.1, 0.15) is 5.82 Å². The molecule has 3 nitrogen and oxygen atoms in total. The van der Waals surface area contributed by atoms with Gasteiger partial charge in [-0.1, -0.05) is 42.5 Å². The average molecular weight is 323 g/mol. The van der Waals surface area contributed by atoms with Gasteiger partial charge in [-0.25, -0.2) is 4.98 Å². The van der Waals surface area contributed by atoms with Crippen LogP contribution < -0.4 is 4.90 Å². The number of hydrogen-bond donors (Lipinski definition) is 0. The van der Waals surface area contributed by atoms with E-state index in [1.54, 1.807) is 6.20 Å². The van der Waals surface area contributed by atoms with E-state index in [9.17, 15) is 0 Å². The molecule has 0 bridgehead atoms. The highest BCUT2D eigenvalue weighted by Gasteiger charge is 2.17. The van der Waals surface area contributed by atoms with Crippen LogP contribution in [-0.4, -0.2) is 9.97 Å². The fourth-order valence-electron chi connectivity index (χ4n) is 2.87. The van der Waals surface area contributed by atoms with Gasteiger partial charge in [0, 0.05) is 41.1 Å². The van der Waals surface area contributed by atoms with E-state index in [0.717, 1.165) is 28.3 Å². The molecular weight excluding hydrogens is 306 g/mol. The van der Waals surface area contributed by atoms with Crippen molar-refractivity contribution in [2.45, 2.75) is 0 Å². The highest BCUT2D eigenvalue weighted by Crippen LogP contribution is 2.38. The van der Waals surface area contributed by atoms with Crippen LogP contribution in [0.1, 0.15) is 0 Å². The highest BCUT2D eigenvalue weighted by molar-refractivity contribution is 5.85. The van der Waals surface area contributed by atoms with E-state index in [-0.39, 0.29) is 0 Å². The number of aromatic nitrogens is 2. The summed E-state index contributed by atoms with van der Waals surface area (Å²) in [4.78, 5) is 11.1. The number of rotatable bonds is 4. The van der Waals surface area contributed by atoms with Gasteiger partial charge < -0.3 is 0 Å². The first kappa shape index (κ1) is 15.1. The largest absolute Gasteiger partial charge is 0.295 e. The van der Waals surface area contributed by atoms with Crippen molar-refractivity contribution < 1.29 is 0 Å². The molecule has 0 aliphatic rings. The zero-order valence-electron chi connectivity index (χ0n) is 13.7. The maximum absolute atomic E-state index is 4.71. The summed E-state index contributed by atoms with van der Waals surface area (Å²) in [6.07, 6.45) is 5.48. The predicted molar refractivity (Wildman–Crippen MR) is 102 cm³/mol. The standard InChI is InChI=1S/C22H17N3/c1-3-10-19(11-4-1)25(20-12-5-2-6-13-20)22-21(14-8-16-24-22)18-9-7-15-23-17-18/h1-17H. The van der Waals surface area contributed by atoms with Gasteiger partial charge in [0.25, 0.3) is 0 Å². The fraction of sp³-hybridized carbons (Fsp3) is 0. The molecule has 2 aromatic carbocycles. The predicted octanol–water partition coefficient (Wildman–Crippen LogP) is 5.61. The molecule has 2 heterocycles. The van der Waals surface area contributed by atoms with E-state index in [4.69, 9.17) is 4.98 Å². The maximum Gasteiger partial charge on any atom is 0.145 e. The van der Waals surface area contributed by atoms with Crippen molar-refractivity contribution in [1.29, 1.82) is 0 Å². The quantitative estimate of drug-likeness (QED) is 0.488. The molecule has 2 aromatic heterocycles. The van der Waals surface area contributed by atoms with Gasteiger partial charge in [0.05, 0.1) is 0 Å². The van der Waals surface area contributed by atoms with E-state index >= 15 is 0 Å². The number of anilines is 3. The Balaban J connectivity index is 1.93. The minimum atomic E-state index is 0.882. The topological polar surface area (TPSA) is 29.0 Å². The molecule has 4 aromatic rings. The van der Waals surface area contributed by atoms with Crippen molar-refractivity contribution in [2.75, 3.05) is 4.90 Å². The second kappa shape index (κ2) is 6.97. The zero-order chi connectivity index (χ0) is 16.9. The van der Waals surface area contributed by atoms with Gasteiger partial charge in [-0.15, -0.1) is 0 Å². The first-order valence-electron chi connectivity index (χ1n) is 8.19. The first-order valence-corrected chi connectivity index (χ1v) is 8.19. The smallest absolute Gasteiger partial charge is 0.145 e. The summed E-state index contributed by atoms with van der Waals surface area (Å²) in [6, 6.07) is 28.6. The Morgan fingerprint density at radius 1 is 0.600 bits per heavy atom. The van der Waals surface area contributed by atoms with Gasteiger partial charge in [-0.05, 0) is 42.5 Å². The van der Waals surface area contributed by atoms with Crippen molar-refractivity contribution in [3.8, 4) is 11.1 Å². The molecule has 0 fully saturated rings. The Morgan fingerprint density at radius 2 is 1.24 bits per heavy atom. The molecule has 0 atom stereocenters. The van der Waals surface area contributed by atoms with Crippen LogP contribution in [0.5, 0.6) is 0 Å². The number of benzene rings is 2. The van der Waals surface area contributed by atoms with E-state index < -0.39 is 0 Å². The molecule has 0 aliphatic heterocycles. The SMILES string of the molecule is c1ccc(N(c2ccccc2)c2ncccc2-c2cccnc2)cc1. The van der Waals surface area contributed by atoms with Crippen LogP contribution in [0, 0.1) is 0 Å². The lowest BCUT2D eigenvalue weighted by Gasteiger charge is -2.26. The van der Waals surface area contributed by atoms with Gasteiger partial charge in [-0.3, -0.25) is 9.88 Å². The van der Waals surface area contributed by atoms with Crippen LogP contribution >= 0.6 is 0 Å². The average Bonchev–Trinajstić information content (AvgIpc) is 2.71. The molecule has 0 saturated heterocycles. The Morgan fingerprint density at radius 3 is 1.84 bits per heavy atom. The zero-order valence-corrected chi connectivity index (χ0v) is 13.7.